The summed E-state index contributed by atoms with van der Waals surface area (Å²) in [5, 5.41) is 2.52. The summed E-state index contributed by atoms with van der Waals surface area (Å²) in [5.74, 6) is 0.213. The van der Waals surface area contributed by atoms with E-state index in [0.717, 1.165) is 0 Å². The molecule has 0 saturated carbocycles. The quantitative estimate of drug-likeness (QED) is 0.709. The van der Waals surface area contributed by atoms with Crippen molar-refractivity contribution >= 4 is 17.5 Å². The monoisotopic (exact) mass is 211 g/mol. The minimum absolute atomic E-state index is 0.143. The average Bonchev–Trinajstić information content (AvgIpc) is 2.19. The summed E-state index contributed by atoms with van der Waals surface area (Å²) in [6, 6.07) is 0. The number of aromatic nitrogens is 2. The van der Waals surface area contributed by atoms with Crippen molar-refractivity contribution in [3.63, 3.8) is 0 Å². The van der Waals surface area contributed by atoms with E-state index in [1.165, 1.54) is 0 Å². The Morgan fingerprint density at radius 3 is 2.47 bits per heavy atom. The Morgan fingerprint density at radius 1 is 1.47 bits per heavy atom. The SMILES string of the molecule is CCN(CC)c1nc(N)c(N=O)c(=O)[nH]1. The molecule has 0 unspecified atom stereocenters. The first-order chi connectivity index (χ1) is 7.13. The topological polar surface area (TPSA) is 104 Å². The molecule has 82 valence electrons. The Bertz CT molecular complexity index is 410. The zero-order valence-electron chi connectivity index (χ0n) is 8.65. The van der Waals surface area contributed by atoms with Gasteiger partial charge in [0.05, 0.1) is 0 Å². The van der Waals surface area contributed by atoms with Crippen LogP contribution in [0.2, 0.25) is 0 Å². The number of nitroso groups, excluding NO2 is 1. The average molecular weight is 211 g/mol. The van der Waals surface area contributed by atoms with Crippen LogP contribution in [0.5, 0.6) is 0 Å². The summed E-state index contributed by atoms with van der Waals surface area (Å²) in [5.41, 5.74) is 4.45. The van der Waals surface area contributed by atoms with E-state index in [4.69, 9.17) is 5.73 Å². The highest BCUT2D eigenvalue weighted by molar-refractivity contribution is 5.57. The van der Waals surface area contributed by atoms with E-state index < -0.39 is 5.56 Å². The van der Waals surface area contributed by atoms with Crippen molar-refractivity contribution in [1.82, 2.24) is 9.97 Å². The second kappa shape index (κ2) is 4.54. The first kappa shape index (κ1) is 11.2. The standard InChI is InChI=1S/C8H13N5O2/c1-3-13(4-2)8-10-6(9)5(12-15)7(14)11-8/h3-4H2,1-2H3,(H3,9,10,11,14). The number of nitrogens with zero attached hydrogens (tertiary/aromatic N) is 3. The molecule has 0 radical (unpaired) electrons. The number of nitrogens with one attached hydrogen (secondary N) is 1. The third kappa shape index (κ3) is 2.12. The van der Waals surface area contributed by atoms with Crippen molar-refractivity contribution in [3.05, 3.63) is 15.3 Å². The summed E-state index contributed by atoms with van der Waals surface area (Å²) in [7, 11) is 0. The molecule has 0 spiro atoms. The van der Waals surface area contributed by atoms with Gasteiger partial charge < -0.3 is 10.6 Å². The Morgan fingerprint density at radius 2 is 2.07 bits per heavy atom. The highest BCUT2D eigenvalue weighted by Crippen LogP contribution is 2.15. The first-order valence-electron chi connectivity index (χ1n) is 4.62. The van der Waals surface area contributed by atoms with E-state index >= 15 is 0 Å². The molecule has 0 aliphatic carbocycles. The lowest BCUT2D eigenvalue weighted by Gasteiger charge is -2.18. The molecule has 1 rings (SSSR count). The van der Waals surface area contributed by atoms with Gasteiger partial charge in [0.1, 0.15) is 0 Å². The molecule has 1 heterocycles. The van der Waals surface area contributed by atoms with Crippen LogP contribution in [0, 0.1) is 4.91 Å². The number of hydrogen-bond donors (Lipinski definition) is 2. The maximum atomic E-state index is 11.3. The molecule has 1 aromatic heterocycles. The molecule has 0 bridgehead atoms. The Balaban J connectivity index is 3.24. The predicted molar refractivity (Wildman–Crippen MR) is 58.3 cm³/mol. The van der Waals surface area contributed by atoms with Crippen molar-refractivity contribution in [3.8, 4) is 0 Å². The number of nitrogen functional groups attached to an aromatic ring is 1. The molecule has 0 fully saturated rings. The van der Waals surface area contributed by atoms with E-state index in [2.05, 4.69) is 15.1 Å². The number of aromatic amines is 1. The van der Waals surface area contributed by atoms with Crippen LogP contribution in [-0.4, -0.2) is 23.1 Å². The number of hydrogen-bond acceptors (Lipinski definition) is 6. The highest BCUT2D eigenvalue weighted by atomic mass is 16.3. The maximum absolute atomic E-state index is 11.3. The molecular weight excluding hydrogens is 198 g/mol. The summed E-state index contributed by atoms with van der Waals surface area (Å²) < 4.78 is 0. The van der Waals surface area contributed by atoms with Crippen molar-refractivity contribution in [1.29, 1.82) is 0 Å². The molecule has 3 N–H and O–H groups in total. The van der Waals surface area contributed by atoms with E-state index in [1.54, 1.807) is 0 Å². The molecule has 7 heteroatoms. The molecule has 0 saturated heterocycles. The van der Waals surface area contributed by atoms with Gasteiger partial charge in [-0.25, -0.2) is 0 Å². The smallest absolute Gasteiger partial charge is 0.284 e. The summed E-state index contributed by atoms with van der Waals surface area (Å²) >= 11 is 0. The van der Waals surface area contributed by atoms with Crippen LogP contribution in [0.1, 0.15) is 13.8 Å². The van der Waals surface area contributed by atoms with E-state index in [-0.39, 0.29) is 11.5 Å². The third-order valence-electron chi connectivity index (χ3n) is 2.06. The Hall–Kier alpha value is -1.92. The summed E-state index contributed by atoms with van der Waals surface area (Å²) in [6.45, 7) is 5.22. The second-order valence-electron chi connectivity index (χ2n) is 2.89. The van der Waals surface area contributed by atoms with Gasteiger partial charge in [0.25, 0.3) is 5.56 Å². The fraction of sp³-hybridized carbons (Fsp3) is 0.500. The molecule has 0 amide bonds. The van der Waals surface area contributed by atoms with Crippen LogP contribution >= 0.6 is 0 Å². The zero-order valence-corrected chi connectivity index (χ0v) is 8.65. The summed E-state index contributed by atoms with van der Waals surface area (Å²) in [6.07, 6.45) is 0. The number of anilines is 2. The lowest BCUT2D eigenvalue weighted by atomic mass is 10.4. The number of rotatable bonds is 4. The van der Waals surface area contributed by atoms with Gasteiger partial charge in [0.2, 0.25) is 11.6 Å². The van der Waals surface area contributed by atoms with Gasteiger partial charge in [-0.2, -0.15) is 4.98 Å². The fourth-order valence-electron chi connectivity index (χ4n) is 1.23. The van der Waals surface area contributed by atoms with Crippen LogP contribution in [0.3, 0.4) is 0 Å². The van der Waals surface area contributed by atoms with Gasteiger partial charge in [0, 0.05) is 13.1 Å². The van der Waals surface area contributed by atoms with E-state index in [9.17, 15) is 9.70 Å². The molecule has 15 heavy (non-hydrogen) atoms. The van der Waals surface area contributed by atoms with Crippen molar-refractivity contribution in [2.24, 2.45) is 5.18 Å². The van der Waals surface area contributed by atoms with Crippen LogP contribution in [-0.2, 0) is 0 Å². The Labute approximate surface area is 86.3 Å². The van der Waals surface area contributed by atoms with Gasteiger partial charge in [-0.1, -0.05) is 0 Å². The van der Waals surface area contributed by atoms with Gasteiger partial charge >= 0.3 is 0 Å². The lowest BCUT2D eigenvalue weighted by molar-refractivity contribution is 0.818. The lowest BCUT2D eigenvalue weighted by Crippen LogP contribution is -2.27. The van der Waals surface area contributed by atoms with Crippen molar-refractivity contribution < 1.29 is 0 Å². The minimum Gasteiger partial charge on any atom is -0.382 e. The normalized spacial score (nSPS) is 10.0. The maximum Gasteiger partial charge on any atom is 0.284 e. The van der Waals surface area contributed by atoms with E-state index in [0.29, 0.717) is 19.0 Å². The van der Waals surface area contributed by atoms with Gasteiger partial charge in [-0.15, -0.1) is 4.91 Å². The van der Waals surface area contributed by atoms with E-state index in [1.807, 2.05) is 18.7 Å². The zero-order chi connectivity index (χ0) is 11.4. The minimum atomic E-state index is -0.612. The van der Waals surface area contributed by atoms with Crippen LogP contribution in [0.25, 0.3) is 0 Å². The van der Waals surface area contributed by atoms with Crippen LogP contribution < -0.4 is 16.2 Å². The summed E-state index contributed by atoms with van der Waals surface area (Å²) in [4.78, 5) is 29.8. The van der Waals surface area contributed by atoms with Gasteiger partial charge in [-0.05, 0) is 19.0 Å². The predicted octanol–water partition coefficient (Wildman–Crippen LogP) is 0.596. The molecular formula is C8H13N5O2. The molecule has 0 aliphatic heterocycles. The Kier molecular flexibility index (Phi) is 3.37. The van der Waals surface area contributed by atoms with Crippen molar-refractivity contribution in [2.75, 3.05) is 23.7 Å². The largest absolute Gasteiger partial charge is 0.382 e. The molecule has 0 aromatic carbocycles. The highest BCUT2D eigenvalue weighted by Gasteiger charge is 2.12. The third-order valence-corrected chi connectivity index (χ3v) is 2.06. The first-order valence-corrected chi connectivity index (χ1v) is 4.62. The van der Waals surface area contributed by atoms with Crippen molar-refractivity contribution in [2.45, 2.75) is 13.8 Å². The molecule has 7 nitrogen and oxygen atoms in total. The van der Waals surface area contributed by atoms with Gasteiger partial charge in [0.15, 0.2) is 5.82 Å². The number of H-pyrrole nitrogens is 1. The molecule has 0 atom stereocenters. The van der Waals surface area contributed by atoms with Crippen LogP contribution in [0.4, 0.5) is 17.5 Å². The van der Waals surface area contributed by atoms with Crippen LogP contribution in [0.15, 0.2) is 9.97 Å². The molecule has 0 aliphatic rings. The number of nitrogens with two attached hydrogens (primary N) is 1. The fourth-order valence-corrected chi connectivity index (χ4v) is 1.23. The second-order valence-corrected chi connectivity index (χ2v) is 2.89. The van der Waals surface area contributed by atoms with Gasteiger partial charge in [-0.3, -0.25) is 9.78 Å². The molecule has 1 aromatic rings.